The van der Waals surface area contributed by atoms with Crippen LogP contribution in [0.5, 0.6) is 0 Å². The van der Waals surface area contributed by atoms with E-state index in [1.807, 2.05) is 59.7 Å². The van der Waals surface area contributed by atoms with E-state index < -0.39 is 0 Å². The molecule has 2 amide bonds. The van der Waals surface area contributed by atoms with E-state index in [1.165, 1.54) is 0 Å². The number of rotatable bonds is 7. The summed E-state index contributed by atoms with van der Waals surface area (Å²) in [6, 6.07) is 18.6. The normalized spacial score (nSPS) is 15.6. The summed E-state index contributed by atoms with van der Waals surface area (Å²) < 4.78 is 5.79. The minimum Gasteiger partial charge on any atom is -0.376 e. The highest BCUT2D eigenvalue weighted by Gasteiger charge is 2.24. The Hall–Kier alpha value is -2.96. The first-order valence-corrected chi connectivity index (χ1v) is 11.4. The van der Waals surface area contributed by atoms with Crippen LogP contribution in [0.4, 0.5) is 5.69 Å². The second kappa shape index (κ2) is 9.90. The summed E-state index contributed by atoms with van der Waals surface area (Å²) in [5, 5.41) is 4.97. The number of benzene rings is 2. The molecule has 0 saturated carbocycles. The number of thiophene rings is 1. The molecule has 2 heterocycles. The van der Waals surface area contributed by atoms with Crippen LogP contribution in [0, 0.1) is 6.92 Å². The third-order valence-electron chi connectivity index (χ3n) is 5.43. The van der Waals surface area contributed by atoms with Gasteiger partial charge in [0.25, 0.3) is 11.8 Å². The maximum atomic E-state index is 13.4. The van der Waals surface area contributed by atoms with Crippen LogP contribution in [0.25, 0.3) is 0 Å². The van der Waals surface area contributed by atoms with Crippen LogP contribution >= 0.6 is 11.3 Å². The van der Waals surface area contributed by atoms with Gasteiger partial charge in [0, 0.05) is 34.8 Å². The Morgan fingerprint density at radius 3 is 2.65 bits per heavy atom. The monoisotopic (exact) mass is 434 g/mol. The van der Waals surface area contributed by atoms with Crippen molar-refractivity contribution in [1.29, 1.82) is 0 Å². The fraction of sp³-hybridized carbons (Fsp3) is 0.280. The van der Waals surface area contributed by atoms with Crippen molar-refractivity contribution in [2.45, 2.75) is 32.4 Å². The Balaban J connectivity index is 1.54. The van der Waals surface area contributed by atoms with Gasteiger partial charge in [-0.25, -0.2) is 0 Å². The molecule has 0 radical (unpaired) electrons. The number of ether oxygens (including phenoxy) is 1. The summed E-state index contributed by atoms with van der Waals surface area (Å²) in [5.41, 5.74) is 2.69. The molecule has 1 aliphatic rings. The Labute approximate surface area is 186 Å². The molecule has 1 fully saturated rings. The summed E-state index contributed by atoms with van der Waals surface area (Å²) in [6.07, 6.45) is 2.08. The van der Waals surface area contributed by atoms with Gasteiger partial charge in [0.15, 0.2) is 0 Å². The fourth-order valence-corrected chi connectivity index (χ4v) is 4.42. The third-order valence-corrected chi connectivity index (χ3v) is 6.29. The lowest BCUT2D eigenvalue weighted by Gasteiger charge is -2.25. The number of hydrogen-bond donors (Lipinski definition) is 1. The predicted molar refractivity (Wildman–Crippen MR) is 124 cm³/mol. The molecule has 1 atom stereocenters. The van der Waals surface area contributed by atoms with Crippen LogP contribution in [-0.4, -0.2) is 36.0 Å². The molecule has 4 rings (SSSR count). The molecule has 1 saturated heterocycles. The second-order valence-electron chi connectivity index (χ2n) is 7.75. The molecule has 1 N–H and O–H groups in total. The Kier molecular flexibility index (Phi) is 6.79. The van der Waals surface area contributed by atoms with Gasteiger partial charge in [-0.1, -0.05) is 30.3 Å². The van der Waals surface area contributed by atoms with E-state index >= 15 is 0 Å². The number of nitrogens with one attached hydrogen (secondary N) is 1. The number of nitrogens with zero attached hydrogens (tertiary/aromatic N) is 1. The van der Waals surface area contributed by atoms with Crippen LogP contribution in [0.1, 0.15) is 44.0 Å². The van der Waals surface area contributed by atoms with E-state index in [2.05, 4.69) is 5.32 Å². The van der Waals surface area contributed by atoms with E-state index in [-0.39, 0.29) is 17.9 Å². The topological polar surface area (TPSA) is 58.6 Å². The zero-order valence-corrected chi connectivity index (χ0v) is 18.4. The van der Waals surface area contributed by atoms with Crippen molar-refractivity contribution in [2.24, 2.45) is 0 Å². The second-order valence-corrected chi connectivity index (χ2v) is 8.78. The zero-order valence-electron chi connectivity index (χ0n) is 17.5. The zero-order chi connectivity index (χ0) is 21.6. The third kappa shape index (κ3) is 5.40. The maximum absolute atomic E-state index is 13.4. The van der Waals surface area contributed by atoms with Crippen molar-refractivity contribution >= 4 is 28.8 Å². The minimum absolute atomic E-state index is 0.0564. The summed E-state index contributed by atoms with van der Waals surface area (Å²) in [7, 11) is 0. The van der Waals surface area contributed by atoms with E-state index in [9.17, 15) is 9.59 Å². The van der Waals surface area contributed by atoms with Crippen LogP contribution in [0.15, 0.2) is 66.0 Å². The van der Waals surface area contributed by atoms with E-state index in [0.717, 1.165) is 29.9 Å². The van der Waals surface area contributed by atoms with Crippen molar-refractivity contribution in [3.8, 4) is 0 Å². The number of hydrogen-bond acceptors (Lipinski definition) is 4. The van der Waals surface area contributed by atoms with Gasteiger partial charge in [-0.3, -0.25) is 9.59 Å². The van der Waals surface area contributed by atoms with E-state index in [4.69, 9.17) is 4.74 Å². The lowest BCUT2D eigenvalue weighted by atomic mass is 10.1. The van der Waals surface area contributed by atoms with Crippen molar-refractivity contribution < 1.29 is 14.3 Å². The molecule has 6 heteroatoms. The van der Waals surface area contributed by atoms with Crippen molar-refractivity contribution in [3.63, 3.8) is 0 Å². The average molecular weight is 435 g/mol. The molecule has 2 aromatic carbocycles. The molecule has 5 nitrogen and oxygen atoms in total. The van der Waals surface area contributed by atoms with Crippen LogP contribution in [-0.2, 0) is 11.3 Å². The van der Waals surface area contributed by atoms with Crippen molar-refractivity contribution in [3.05, 3.63) is 87.6 Å². The van der Waals surface area contributed by atoms with Gasteiger partial charge >= 0.3 is 0 Å². The largest absolute Gasteiger partial charge is 0.376 e. The lowest BCUT2D eigenvalue weighted by molar-refractivity contribution is 0.0509. The van der Waals surface area contributed by atoms with E-state index in [1.54, 1.807) is 29.5 Å². The van der Waals surface area contributed by atoms with Gasteiger partial charge in [-0.15, -0.1) is 11.3 Å². The quantitative estimate of drug-likeness (QED) is 0.561. The van der Waals surface area contributed by atoms with Gasteiger partial charge in [0.05, 0.1) is 12.6 Å². The minimum atomic E-state index is -0.192. The van der Waals surface area contributed by atoms with Crippen LogP contribution in [0.3, 0.4) is 0 Å². The number of anilines is 1. The van der Waals surface area contributed by atoms with Crippen LogP contribution in [0.2, 0.25) is 0 Å². The van der Waals surface area contributed by atoms with Crippen molar-refractivity contribution in [1.82, 2.24) is 4.90 Å². The smallest absolute Gasteiger partial charge is 0.255 e. The van der Waals surface area contributed by atoms with Gasteiger partial charge in [-0.2, -0.15) is 0 Å². The molecule has 0 spiro atoms. The molecular formula is C25H26N2O3S. The number of aryl methyl sites for hydroxylation is 1. The molecule has 3 aromatic rings. The predicted octanol–water partition coefficient (Wildman–Crippen LogP) is 5.13. The SMILES string of the molecule is Cc1ccc(C(=O)N(Cc2cccs2)CC2CCCO2)cc1NC(=O)c1ccccc1. The molecule has 1 aliphatic heterocycles. The Morgan fingerprint density at radius 2 is 1.94 bits per heavy atom. The Bertz CT molecular complexity index is 1030. The highest BCUT2D eigenvalue weighted by atomic mass is 32.1. The van der Waals surface area contributed by atoms with Gasteiger partial charge in [0.1, 0.15) is 0 Å². The van der Waals surface area contributed by atoms with Gasteiger partial charge in [-0.05, 0) is 61.0 Å². The van der Waals surface area contributed by atoms with Gasteiger partial charge < -0.3 is 15.0 Å². The molecule has 1 unspecified atom stereocenters. The summed E-state index contributed by atoms with van der Waals surface area (Å²) in [5.74, 6) is -0.248. The summed E-state index contributed by atoms with van der Waals surface area (Å²) >= 11 is 1.64. The first-order chi connectivity index (χ1) is 15.1. The summed E-state index contributed by atoms with van der Waals surface area (Å²) in [6.45, 7) is 3.79. The average Bonchev–Trinajstić information content (AvgIpc) is 3.49. The lowest BCUT2D eigenvalue weighted by Crippen LogP contribution is -2.36. The van der Waals surface area contributed by atoms with Gasteiger partial charge in [0.2, 0.25) is 0 Å². The first kappa shape index (κ1) is 21.3. The number of amides is 2. The highest BCUT2D eigenvalue weighted by Crippen LogP contribution is 2.23. The molecule has 31 heavy (non-hydrogen) atoms. The molecular weight excluding hydrogens is 408 g/mol. The van der Waals surface area contributed by atoms with E-state index in [0.29, 0.717) is 29.9 Å². The summed E-state index contributed by atoms with van der Waals surface area (Å²) in [4.78, 5) is 29.0. The first-order valence-electron chi connectivity index (χ1n) is 10.5. The van der Waals surface area contributed by atoms with Crippen LogP contribution < -0.4 is 5.32 Å². The molecule has 0 aliphatic carbocycles. The molecule has 0 bridgehead atoms. The molecule has 160 valence electrons. The highest BCUT2D eigenvalue weighted by molar-refractivity contribution is 7.09. The number of carbonyl (C=O) groups excluding carboxylic acids is 2. The maximum Gasteiger partial charge on any atom is 0.255 e. The standard InChI is InChI=1S/C25H26N2O3S/c1-18-11-12-20(15-23(18)26-24(28)19-7-3-2-4-8-19)25(29)27(16-21-9-5-13-30-21)17-22-10-6-14-31-22/h2-4,6-8,10-12,14-15,21H,5,9,13,16-17H2,1H3,(H,26,28). The Morgan fingerprint density at radius 1 is 1.10 bits per heavy atom. The number of carbonyl (C=O) groups is 2. The van der Waals surface area contributed by atoms with Crippen molar-refractivity contribution in [2.75, 3.05) is 18.5 Å². The molecule has 1 aromatic heterocycles. The fourth-order valence-electron chi connectivity index (χ4n) is 3.70.